The number of carbonyl (C=O) groups is 2. The highest BCUT2D eigenvalue weighted by Crippen LogP contribution is 2.24. The van der Waals surface area contributed by atoms with Gasteiger partial charge in [-0.3, -0.25) is 4.79 Å². The molecule has 23 heavy (non-hydrogen) atoms. The van der Waals surface area contributed by atoms with Gasteiger partial charge in [0, 0.05) is 13.0 Å². The summed E-state index contributed by atoms with van der Waals surface area (Å²) >= 11 is 0. The molecular weight excluding hydrogens is 318 g/mol. The highest BCUT2D eigenvalue weighted by atomic mass is 35.5. The van der Waals surface area contributed by atoms with Crippen LogP contribution in [0.15, 0.2) is 18.2 Å². The Kier molecular flexibility index (Phi) is 10.8. The molecule has 7 heteroatoms. The van der Waals surface area contributed by atoms with Crippen LogP contribution in [-0.4, -0.2) is 38.6 Å². The van der Waals surface area contributed by atoms with Gasteiger partial charge >= 0.3 is 5.97 Å². The molecule has 0 bridgehead atoms. The predicted octanol–water partition coefficient (Wildman–Crippen LogP) is 2.66. The van der Waals surface area contributed by atoms with Crippen molar-refractivity contribution in [2.75, 3.05) is 37.4 Å². The van der Waals surface area contributed by atoms with E-state index in [1.54, 1.807) is 25.1 Å². The normalized spacial score (nSPS) is 9.70. The van der Waals surface area contributed by atoms with Crippen LogP contribution < -0.4 is 16.0 Å². The van der Waals surface area contributed by atoms with Gasteiger partial charge in [0.25, 0.3) is 0 Å². The van der Waals surface area contributed by atoms with Crippen LogP contribution in [0.25, 0.3) is 0 Å². The van der Waals surface area contributed by atoms with Crippen LogP contribution in [0.1, 0.15) is 37.0 Å². The van der Waals surface area contributed by atoms with Crippen LogP contribution in [0.3, 0.4) is 0 Å². The highest BCUT2D eigenvalue weighted by molar-refractivity contribution is 5.98. The van der Waals surface area contributed by atoms with E-state index in [2.05, 4.69) is 16.0 Å². The third-order valence-corrected chi connectivity index (χ3v) is 3.00. The Morgan fingerprint density at radius 3 is 2.52 bits per heavy atom. The lowest BCUT2D eigenvalue weighted by Crippen LogP contribution is -2.17. The molecule has 1 rings (SSSR count). The van der Waals surface area contributed by atoms with Gasteiger partial charge in [-0.25, -0.2) is 4.79 Å². The Bertz CT molecular complexity index is 509. The predicted molar refractivity (Wildman–Crippen MR) is 95.6 cm³/mol. The van der Waals surface area contributed by atoms with Crippen LogP contribution >= 0.6 is 12.4 Å². The first-order chi connectivity index (χ1) is 10.6. The van der Waals surface area contributed by atoms with E-state index in [1.165, 1.54) is 0 Å². The Labute approximate surface area is 143 Å². The van der Waals surface area contributed by atoms with E-state index in [0.29, 0.717) is 24.3 Å². The molecule has 0 aliphatic carbocycles. The Morgan fingerprint density at radius 1 is 1.17 bits per heavy atom. The number of benzene rings is 1. The minimum absolute atomic E-state index is 0. The van der Waals surface area contributed by atoms with Gasteiger partial charge in [-0.2, -0.15) is 0 Å². The summed E-state index contributed by atoms with van der Waals surface area (Å²) < 4.78 is 4.99. The molecule has 0 heterocycles. The summed E-state index contributed by atoms with van der Waals surface area (Å²) in [5, 5.41) is 9.03. The SMILES string of the molecule is CCNc1ccc(C(=O)OCC)cc1NC(=O)CCCNC.Cl. The number of anilines is 2. The molecule has 3 N–H and O–H groups in total. The third kappa shape index (κ3) is 7.34. The van der Waals surface area contributed by atoms with E-state index in [1.807, 2.05) is 14.0 Å². The van der Waals surface area contributed by atoms with Crippen LogP contribution in [0.5, 0.6) is 0 Å². The number of carbonyl (C=O) groups excluding carboxylic acids is 2. The molecule has 0 unspecified atom stereocenters. The molecule has 1 aromatic rings. The van der Waals surface area contributed by atoms with E-state index < -0.39 is 5.97 Å². The summed E-state index contributed by atoms with van der Waals surface area (Å²) in [7, 11) is 1.85. The van der Waals surface area contributed by atoms with Crippen molar-refractivity contribution < 1.29 is 14.3 Å². The van der Waals surface area contributed by atoms with Gasteiger partial charge in [-0.05, 0) is 52.1 Å². The van der Waals surface area contributed by atoms with Crippen molar-refractivity contribution in [3.05, 3.63) is 23.8 Å². The van der Waals surface area contributed by atoms with E-state index in [4.69, 9.17) is 4.74 Å². The topological polar surface area (TPSA) is 79.5 Å². The molecule has 0 atom stereocenters. The fourth-order valence-electron chi connectivity index (χ4n) is 1.97. The molecule has 0 spiro atoms. The van der Waals surface area contributed by atoms with E-state index in [0.717, 1.165) is 25.2 Å². The van der Waals surface area contributed by atoms with Crippen LogP contribution in [0, 0.1) is 0 Å². The number of ether oxygens (including phenoxy) is 1. The molecule has 0 radical (unpaired) electrons. The van der Waals surface area contributed by atoms with Gasteiger partial charge in [0.05, 0.1) is 23.5 Å². The van der Waals surface area contributed by atoms with Crippen molar-refractivity contribution >= 4 is 35.7 Å². The van der Waals surface area contributed by atoms with E-state index in [-0.39, 0.29) is 18.3 Å². The summed E-state index contributed by atoms with van der Waals surface area (Å²) in [6.45, 7) is 5.56. The summed E-state index contributed by atoms with van der Waals surface area (Å²) in [6, 6.07) is 5.11. The Morgan fingerprint density at radius 2 is 1.91 bits per heavy atom. The van der Waals surface area contributed by atoms with Crippen molar-refractivity contribution in [3.63, 3.8) is 0 Å². The maximum absolute atomic E-state index is 12.0. The average molecular weight is 344 g/mol. The smallest absolute Gasteiger partial charge is 0.338 e. The van der Waals surface area contributed by atoms with Crippen molar-refractivity contribution in [2.45, 2.75) is 26.7 Å². The quantitative estimate of drug-likeness (QED) is 0.474. The Balaban J connectivity index is 0.00000484. The fourth-order valence-corrected chi connectivity index (χ4v) is 1.97. The molecule has 0 saturated carbocycles. The lowest BCUT2D eigenvalue weighted by molar-refractivity contribution is -0.116. The minimum Gasteiger partial charge on any atom is -0.462 e. The molecule has 1 amide bonds. The zero-order chi connectivity index (χ0) is 16.4. The summed E-state index contributed by atoms with van der Waals surface area (Å²) in [5.41, 5.74) is 1.81. The molecule has 1 aromatic carbocycles. The number of amides is 1. The molecule has 130 valence electrons. The second-order valence-electron chi connectivity index (χ2n) is 4.77. The zero-order valence-electron chi connectivity index (χ0n) is 13.9. The van der Waals surface area contributed by atoms with Gasteiger partial charge in [0.2, 0.25) is 5.91 Å². The van der Waals surface area contributed by atoms with Gasteiger partial charge in [-0.1, -0.05) is 0 Å². The molecule has 0 fully saturated rings. The lowest BCUT2D eigenvalue weighted by Gasteiger charge is -2.13. The molecule has 0 aromatic heterocycles. The fraction of sp³-hybridized carbons (Fsp3) is 0.500. The monoisotopic (exact) mass is 343 g/mol. The van der Waals surface area contributed by atoms with Crippen LogP contribution in [-0.2, 0) is 9.53 Å². The number of hydrogen-bond acceptors (Lipinski definition) is 5. The summed E-state index contributed by atoms with van der Waals surface area (Å²) in [4.78, 5) is 23.8. The average Bonchev–Trinajstić information content (AvgIpc) is 2.49. The first kappa shape index (κ1) is 21.2. The van der Waals surface area contributed by atoms with E-state index >= 15 is 0 Å². The first-order valence-electron chi connectivity index (χ1n) is 7.61. The van der Waals surface area contributed by atoms with Crippen molar-refractivity contribution in [2.24, 2.45) is 0 Å². The van der Waals surface area contributed by atoms with Gasteiger partial charge in [0.15, 0.2) is 0 Å². The lowest BCUT2D eigenvalue weighted by atomic mass is 10.1. The second-order valence-corrected chi connectivity index (χ2v) is 4.77. The minimum atomic E-state index is -0.392. The third-order valence-electron chi connectivity index (χ3n) is 3.00. The molecule has 0 aliphatic heterocycles. The standard InChI is InChI=1S/C16H25N3O3.ClH/c1-4-18-13-9-8-12(16(21)22-5-2)11-14(13)19-15(20)7-6-10-17-3;/h8-9,11,17-18H,4-7,10H2,1-3H3,(H,19,20);1H. The number of rotatable bonds is 9. The van der Waals surface area contributed by atoms with Gasteiger partial charge < -0.3 is 20.7 Å². The maximum atomic E-state index is 12.0. The van der Waals surface area contributed by atoms with Gasteiger partial charge in [0.1, 0.15) is 0 Å². The largest absolute Gasteiger partial charge is 0.462 e. The molecule has 0 aliphatic rings. The number of halogens is 1. The molecule has 0 saturated heterocycles. The van der Waals surface area contributed by atoms with E-state index in [9.17, 15) is 9.59 Å². The van der Waals surface area contributed by atoms with Crippen LogP contribution in [0.4, 0.5) is 11.4 Å². The number of hydrogen-bond donors (Lipinski definition) is 3. The van der Waals surface area contributed by atoms with Crippen molar-refractivity contribution in [3.8, 4) is 0 Å². The molecule has 6 nitrogen and oxygen atoms in total. The van der Waals surface area contributed by atoms with Crippen LogP contribution in [0.2, 0.25) is 0 Å². The Hall–Kier alpha value is -1.79. The second kappa shape index (κ2) is 11.7. The first-order valence-corrected chi connectivity index (χ1v) is 7.61. The van der Waals surface area contributed by atoms with Crippen molar-refractivity contribution in [1.29, 1.82) is 0 Å². The number of nitrogens with one attached hydrogen (secondary N) is 3. The summed E-state index contributed by atoms with van der Waals surface area (Å²) in [5.74, 6) is -0.466. The highest BCUT2D eigenvalue weighted by Gasteiger charge is 2.12. The summed E-state index contributed by atoms with van der Waals surface area (Å²) in [6.07, 6.45) is 1.19. The zero-order valence-corrected chi connectivity index (χ0v) is 14.7. The van der Waals surface area contributed by atoms with Gasteiger partial charge in [-0.15, -0.1) is 12.4 Å². The molecular formula is C16H26ClN3O3. The number of esters is 1. The van der Waals surface area contributed by atoms with Crippen molar-refractivity contribution in [1.82, 2.24) is 5.32 Å². The maximum Gasteiger partial charge on any atom is 0.338 e.